The molecule has 0 heterocycles. The summed E-state index contributed by atoms with van der Waals surface area (Å²) in [5.74, 6) is 0.694. The van der Waals surface area contributed by atoms with Crippen molar-refractivity contribution in [2.75, 3.05) is 32.6 Å². The Morgan fingerprint density at radius 2 is 1.89 bits per heavy atom. The van der Waals surface area contributed by atoms with Crippen LogP contribution in [0.15, 0.2) is 0 Å². The molecule has 1 N–H and O–H groups in total. The molecule has 1 atom stereocenters. The summed E-state index contributed by atoms with van der Waals surface area (Å²) in [5, 5.41) is 3.29. The fourth-order valence-electron chi connectivity index (χ4n) is 1.56. The fourth-order valence-corrected chi connectivity index (χ4v) is 2.81. The van der Waals surface area contributed by atoms with Gasteiger partial charge in [-0.05, 0) is 39.7 Å². The molecule has 0 spiro atoms. The van der Waals surface area contributed by atoms with Gasteiger partial charge in [0.05, 0.1) is 17.1 Å². The first-order valence-electron chi connectivity index (χ1n) is 6.66. The first kappa shape index (κ1) is 17.9. The molecule has 4 nitrogen and oxygen atoms in total. The van der Waals surface area contributed by atoms with Gasteiger partial charge in [0, 0.05) is 13.7 Å². The van der Waals surface area contributed by atoms with Crippen LogP contribution in [-0.2, 0) is 14.6 Å². The number of nitrogens with one attached hydrogen (secondary N) is 1. The maximum atomic E-state index is 12.0. The van der Waals surface area contributed by atoms with E-state index < -0.39 is 14.6 Å². The number of hydrogen-bond donors (Lipinski definition) is 1. The third-order valence-electron chi connectivity index (χ3n) is 3.22. The largest absolute Gasteiger partial charge is 0.383 e. The minimum Gasteiger partial charge on any atom is -0.383 e. The number of rotatable bonds is 9. The second-order valence-corrected chi connectivity index (χ2v) is 8.55. The number of hydrogen-bond acceptors (Lipinski definition) is 4. The minimum absolute atomic E-state index is 0.279. The van der Waals surface area contributed by atoms with E-state index in [1.54, 1.807) is 27.9 Å². The number of sulfone groups is 1. The Balaban J connectivity index is 4.08. The monoisotopic (exact) mass is 279 g/mol. The quantitative estimate of drug-likeness (QED) is 0.655. The second kappa shape index (κ2) is 8.12. The number of ether oxygens (including phenoxy) is 1. The Kier molecular flexibility index (Phi) is 8.06. The van der Waals surface area contributed by atoms with Crippen LogP contribution in [-0.4, -0.2) is 45.7 Å². The summed E-state index contributed by atoms with van der Waals surface area (Å²) < 4.78 is 28.3. The molecule has 1 unspecified atom stereocenters. The van der Waals surface area contributed by atoms with E-state index in [1.165, 1.54) is 0 Å². The molecule has 0 rings (SSSR count). The Bertz CT molecular complexity index is 307. The molecular formula is C13H29NO3S. The van der Waals surface area contributed by atoms with E-state index in [-0.39, 0.29) is 5.75 Å². The molecule has 0 amide bonds. The molecule has 0 fully saturated rings. The highest BCUT2D eigenvalue weighted by Gasteiger charge is 2.29. The maximum Gasteiger partial charge on any atom is 0.155 e. The van der Waals surface area contributed by atoms with Gasteiger partial charge in [-0.2, -0.15) is 0 Å². The molecule has 0 bridgehead atoms. The van der Waals surface area contributed by atoms with Gasteiger partial charge in [0.2, 0.25) is 0 Å². The first-order valence-corrected chi connectivity index (χ1v) is 8.31. The molecule has 0 saturated carbocycles. The predicted molar refractivity (Wildman–Crippen MR) is 76.7 cm³/mol. The van der Waals surface area contributed by atoms with Crippen molar-refractivity contribution in [3.8, 4) is 0 Å². The van der Waals surface area contributed by atoms with Crippen LogP contribution in [0.25, 0.3) is 0 Å². The lowest BCUT2D eigenvalue weighted by Gasteiger charge is -2.21. The Labute approximate surface area is 112 Å². The van der Waals surface area contributed by atoms with E-state index >= 15 is 0 Å². The van der Waals surface area contributed by atoms with Gasteiger partial charge in [0.1, 0.15) is 0 Å². The van der Waals surface area contributed by atoms with E-state index in [2.05, 4.69) is 12.2 Å². The molecule has 0 aromatic rings. The summed E-state index contributed by atoms with van der Waals surface area (Å²) in [6.45, 7) is 9.77. The van der Waals surface area contributed by atoms with Gasteiger partial charge in [0.25, 0.3) is 0 Å². The summed E-state index contributed by atoms with van der Waals surface area (Å²) in [5.41, 5.74) is 0. The normalized spacial score (nSPS) is 14.7. The maximum absolute atomic E-state index is 12.0. The molecule has 0 radical (unpaired) electrons. The predicted octanol–water partition coefficient (Wildman–Crippen LogP) is 1.85. The lowest BCUT2D eigenvalue weighted by atomic mass is 10.0. The van der Waals surface area contributed by atoms with E-state index in [0.717, 1.165) is 25.9 Å². The van der Waals surface area contributed by atoms with Crippen molar-refractivity contribution in [3.05, 3.63) is 0 Å². The molecule has 0 saturated heterocycles. The molecule has 0 aromatic carbocycles. The van der Waals surface area contributed by atoms with Crippen LogP contribution in [0.1, 0.15) is 40.5 Å². The third kappa shape index (κ3) is 6.71. The zero-order valence-corrected chi connectivity index (χ0v) is 13.3. The number of methoxy groups -OCH3 is 1. The highest BCUT2D eigenvalue weighted by Crippen LogP contribution is 2.19. The van der Waals surface area contributed by atoms with Gasteiger partial charge in [-0.1, -0.05) is 13.3 Å². The Morgan fingerprint density at radius 3 is 2.33 bits per heavy atom. The average Bonchev–Trinajstić information content (AvgIpc) is 2.26. The van der Waals surface area contributed by atoms with Crippen LogP contribution in [0.4, 0.5) is 0 Å². The lowest BCUT2D eigenvalue weighted by Crippen LogP contribution is -2.33. The van der Waals surface area contributed by atoms with Crippen LogP contribution in [0.3, 0.4) is 0 Å². The van der Waals surface area contributed by atoms with E-state index in [9.17, 15) is 8.42 Å². The van der Waals surface area contributed by atoms with Crippen molar-refractivity contribution >= 4 is 9.84 Å². The fraction of sp³-hybridized carbons (Fsp3) is 1.00. The second-order valence-electron chi connectivity index (χ2n) is 5.69. The summed E-state index contributed by atoms with van der Waals surface area (Å²) >= 11 is 0. The van der Waals surface area contributed by atoms with Crippen molar-refractivity contribution in [3.63, 3.8) is 0 Å². The smallest absolute Gasteiger partial charge is 0.155 e. The van der Waals surface area contributed by atoms with Crippen LogP contribution < -0.4 is 5.32 Å². The Hall–Kier alpha value is -0.130. The summed E-state index contributed by atoms with van der Waals surface area (Å²) in [7, 11) is -1.32. The molecule has 0 aromatic heterocycles. The van der Waals surface area contributed by atoms with E-state index in [4.69, 9.17) is 4.74 Å². The summed E-state index contributed by atoms with van der Waals surface area (Å²) in [4.78, 5) is 0. The van der Waals surface area contributed by atoms with E-state index in [0.29, 0.717) is 12.5 Å². The highest BCUT2D eigenvalue weighted by atomic mass is 32.2. The van der Waals surface area contributed by atoms with Crippen molar-refractivity contribution in [1.82, 2.24) is 5.32 Å². The van der Waals surface area contributed by atoms with Gasteiger partial charge >= 0.3 is 0 Å². The van der Waals surface area contributed by atoms with Gasteiger partial charge in [-0.15, -0.1) is 0 Å². The zero-order chi connectivity index (χ0) is 14.2. The molecule has 0 aliphatic rings. The van der Waals surface area contributed by atoms with Gasteiger partial charge in [-0.3, -0.25) is 0 Å². The zero-order valence-electron chi connectivity index (χ0n) is 12.5. The van der Waals surface area contributed by atoms with Crippen LogP contribution in [0.2, 0.25) is 0 Å². The molecule has 5 heteroatoms. The van der Waals surface area contributed by atoms with Gasteiger partial charge in [-0.25, -0.2) is 8.42 Å². The SMILES string of the molecule is CCC(CCS(=O)(=O)C(C)(C)C)CNCCOC. The van der Waals surface area contributed by atoms with Crippen molar-refractivity contribution in [2.24, 2.45) is 5.92 Å². The highest BCUT2D eigenvalue weighted by molar-refractivity contribution is 7.92. The third-order valence-corrected chi connectivity index (χ3v) is 5.86. The van der Waals surface area contributed by atoms with Crippen LogP contribution in [0.5, 0.6) is 0 Å². The standard InChI is InChI=1S/C13H29NO3S/c1-6-12(11-14-8-9-17-5)7-10-18(15,16)13(2,3)4/h12,14H,6-11H2,1-5H3. The van der Waals surface area contributed by atoms with Crippen LogP contribution in [0, 0.1) is 5.92 Å². The Morgan fingerprint density at radius 1 is 1.28 bits per heavy atom. The first-order chi connectivity index (χ1) is 8.24. The van der Waals surface area contributed by atoms with E-state index in [1.807, 2.05) is 0 Å². The summed E-state index contributed by atoms with van der Waals surface area (Å²) in [6.07, 6.45) is 1.73. The van der Waals surface area contributed by atoms with Crippen molar-refractivity contribution < 1.29 is 13.2 Å². The van der Waals surface area contributed by atoms with Gasteiger partial charge < -0.3 is 10.1 Å². The van der Waals surface area contributed by atoms with Crippen molar-refractivity contribution in [2.45, 2.75) is 45.3 Å². The molecule has 18 heavy (non-hydrogen) atoms. The molecule has 0 aliphatic carbocycles. The minimum atomic E-state index is -2.99. The topological polar surface area (TPSA) is 55.4 Å². The van der Waals surface area contributed by atoms with Crippen molar-refractivity contribution in [1.29, 1.82) is 0 Å². The van der Waals surface area contributed by atoms with Gasteiger partial charge in [0.15, 0.2) is 9.84 Å². The lowest BCUT2D eigenvalue weighted by molar-refractivity contribution is 0.197. The molecular weight excluding hydrogens is 250 g/mol. The average molecular weight is 279 g/mol. The molecule has 0 aliphatic heterocycles. The van der Waals surface area contributed by atoms with Crippen LogP contribution >= 0.6 is 0 Å². The summed E-state index contributed by atoms with van der Waals surface area (Å²) in [6, 6.07) is 0. The molecule has 110 valence electrons.